The minimum absolute atomic E-state index is 0.176. The lowest BCUT2D eigenvalue weighted by Gasteiger charge is -2.31. The predicted octanol–water partition coefficient (Wildman–Crippen LogP) is 2.50. The van der Waals surface area contributed by atoms with E-state index in [0.29, 0.717) is 0 Å². The summed E-state index contributed by atoms with van der Waals surface area (Å²) < 4.78 is 14.2. The topological polar surface area (TPSA) is 26.0 Å². The highest BCUT2D eigenvalue weighted by atomic mass is 19.1. The summed E-state index contributed by atoms with van der Waals surface area (Å²) in [6, 6.07) is 0. The van der Waals surface area contributed by atoms with Gasteiger partial charge < -0.3 is 5.73 Å². The first-order valence-electron chi connectivity index (χ1n) is 5.08. The lowest BCUT2D eigenvalue weighted by molar-refractivity contribution is 0.0590. The van der Waals surface area contributed by atoms with Crippen LogP contribution in [0.4, 0.5) is 4.39 Å². The third kappa shape index (κ3) is 1.63. The first kappa shape index (κ1) is 9.97. The van der Waals surface area contributed by atoms with Gasteiger partial charge in [0.2, 0.25) is 0 Å². The molecule has 0 amide bonds. The van der Waals surface area contributed by atoms with Crippen LogP contribution in [0.15, 0.2) is 0 Å². The van der Waals surface area contributed by atoms with Crippen molar-refractivity contribution in [2.24, 2.45) is 17.6 Å². The molecule has 0 aromatic heterocycles. The van der Waals surface area contributed by atoms with Crippen molar-refractivity contribution in [2.75, 3.05) is 6.54 Å². The molecule has 0 saturated heterocycles. The SMILES string of the molecule is CCC(CC)C(F)(CN)C1CC1. The Balaban J connectivity index is 2.61. The van der Waals surface area contributed by atoms with Gasteiger partial charge in [-0.25, -0.2) is 4.39 Å². The summed E-state index contributed by atoms with van der Waals surface area (Å²) in [5.41, 5.74) is 4.47. The Labute approximate surface area is 74.5 Å². The summed E-state index contributed by atoms with van der Waals surface area (Å²) in [5.74, 6) is 0.447. The number of hydrogen-bond donors (Lipinski definition) is 1. The van der Waals surface area contributed by atoms with E-state index in [1.165, 1.54) is 0 Å². The van der Waals surface area contributed by atoms with Crippen LogP contribution in [0, 0.1) is 11.8 Å². The predicted molar refractivity (Wildman–Crippen MR) is 49.7 cm³/mol. The second-order valence-corrected chi connectivity index (χ2v) is 3.92. The van der Waals surface area contributed by atoms with Crippen LogP contribution in [-0.2, 0) is 0 Å². The molecule has 0 bridgehead atoms. The molecule has 0 radical (unpaired) electrons. The highest BCUT2D eigenvalue weighted by Gasteiger charge is 2.48. The van der Waals surface area contributed by atoms with Crippen LogP contribution < -0.4 is 5.73 Å². The quantitative estimate of drug-likeness (QED) is 0.679. The Morgan fingerprint density at radius 2 is 1.92 bits per heavy atom. The lowest BCUT2D eigenvalue weighted by Crippen LogP contribution is -2.42. The fourth-order valence-electron chi connectivity index (χ4n) is 2.20. The van der Waals surface area contributed by atoms with Gasteiger partial charge in [-0.05, 0) is 24.7 Å². The van der Waals surface area contributed by atoms with E-state index in [1.807, 2.05) is 0 Å². The van der Waals surface area contributed by atoms with E-state index in [0.717, 1.165) is 25.7 Å². The highest BCUT2D eigenvalue weighted by Crippen LogP contribution is 2.47. The van der Waals surface area contributed by atoms with Crippen molar-refractivity contribution in [2.45, 2.75) is 45.2 Å². The second kappa shape index (κ2) is 3.73. The summed E-state index contributed by atoms with van der Waals surface area (Å²) in [6.07, 6.45) is 3.93. The molecule has 0 aromatic carbocycles. The molecule has 72 valence electrons. The second-order valence-electron chi connectivity index (χ2n) is 3.92. The molecule has 1 fully saturated rings. The van der Waals surface area contributed by atoms with Gasteiger partial charge in [-0.1, -0.05) is 26.7 Å². The molecular formula is C10H20FN. The van der Waals surface area contributed by atoms with Gasteiger partial charge in [0.25, 0.3) is 0 Å². The number of nitrogens with two attached hydrogens (primary N) is 1. The van der Waals surface area contributed by atoms with Crippen LogP contribution in [0.2, 0.25) is 0 Å². The molecule has 1 unspecified atom stereocenters. The van der Waals surface area contributed by atoms with Crippen LogP contribution >= 0.6 is 0 Å². The maximum atomic E-state index is 14.2. The minimum Gasteiger partial charge on any atom is -0.328 e. The number of alkyl halides is 1. The number of rotatable bonds is 5. The van der Waals surface area contributed by atoms with Gasteiger partial charge >= 0.3 is 0 Å². The molecule has 2 N–H and O–H groups in total. The van der Waals surface area contributed by atoms with Crippen molar-refractivity contribution < 1.29 is 4.39 Å². The summed E-state index contributed by atoms with van der Waals surface area (Å²) >= 11 is 0. The van der Waals surface area contributed by atoms with Crippen LogP contribution in [0.3, 0.4) is 0 Å². The molecule has 1 nitrogen and oxygen atoms in total. The van der Waals surface area contributed by atoms with E-state index in [2.05, 4.69) is 13.8 Å². The van der Waals surface area contributed by atoms with Gasteiger partial charge in [-0.15, -0.1) is 0 Å². The number of halogens is 1. The minimum atomic E-state index is -1.05. The zero-order valence-corrected chi connectivity index (χ0v) is 8.15. The third-order valence-corrected chi connectivity index (χ3v) is 3.23. The van der Waals surface area contributed by atoms with Crippen molar-refractivity contribution in [1.29, 1.82) is 0 Å². The van der Waals surface area contributed by atoms with E-state index in [1.54, 1.807) is 0 Å². The molecule has 1 aliphatic rings. The molecule has 2 heteroatoms. The normalized spacial score (nSPS) is 22.8. The van der Waals surface area contributed by atoms with Crippen LogP contribution in [0.5, 0.6) is 0 Å². The van der Waals surface area contributed by atoms with Crippen molar-refractivity contribution in [1.82, 2.24) is 0 Å². The van der Waals surface area contributed by atoms with Crippen LogP contribution in [0.25, 0.3) is 0 Å². The molecule has 1 saturated carbocycles. The van der Waals surface area contributed by atoms with Crippen LogP contribution in [-0.4, -0.2) is 12.2 Å². The van der Waals surface area contributed by atoms with Gasteiger partial charge in [-0.2, -0.15) is 0 Å². The molecule has 1 rings (SSSR count). The number of hydrogen-bond acceptors (Lipinski definition) is 1. The van der Waals surface area contributed by atoms with Crippen LogP contribution in [0.1, 0.15) is 39.5 Å². The molecule has 1 atom stereocenters. The van der Waals surface area contributed by atoms with E-state index in [-0.39, 0.29) is 18.4 Å². The van der Waals surface area contributed by atoms with Gasteiger partial charge in [0.15, 0.2) is 0 Å². The molecular weight excluding hydrogens is 153 g/mol. The Kier molecular flexibility index (Phi) is 3.10. The monoisotopic (exact) mass is 173 g/mol. The molecule has 0 aliphatic heterocycles. The summed E-state index contributed by atoms with van der Waals surface area (Å²) in [6.45, 7) is 4.32. The maximum Gasteiger partial charge on any atom is 0.128 e. The summed E-state index contributed by atoms with van der Waals surface area (Å²) in [5, 5.41) is 0. The van der Waals surface area contributed by atoms with Crippen molar-refractivity contribution in [3.63, 3.8) is 0 Å². The van der Waals surface area contributed by atoms with Crippen molar-refractivity contribution in [3.05, 3.63) is 0 Å². The van der Waals surface area contributed by atoms with E-state index in [9.17, 15) is 4.39 Å². The summed E-state index contributed by atoms with van der Waals surface area (Å²) in [7, 11) is 0. The lowest BCUT2D eigenvalue weighted by atomic mass is 9.81. The van der Waals surface area contributed by atoms with Gasteiger partial charge in [0.05, 0.1) is 0 Å². The Morgan fingerprint density at radius 3 is 2.17 bits per heavy atom. The zero-order valence-electron chi connectivity index (χ0n) is 8.15. The molecule has 0 heterocycles. The summed E-state index contributed by atoms with van der Waals surface area (Å²) in [4.78, 5) is 0. The molecule has 1 aliphatic carbocycles. The van der Waals surface area contributed by atoms with Crippen molar-refractivity contribution in [3.8, 4) is 0 Å². The standard InChI is InChI=1S/C10H20FN/c1-3-8(4-2)10(11,7-12)9-5-6-9/h8-9H,3-7,12H2,1-2H3. The van der Waals surface area contributed by atoms with Gasteiger partial charge in [0.1, 0.15) is 5.67 Å². The van der Waals surface area contributed by atoms with Gasteiger partial charge in [-0.3, -0.25) is 0 Å². The average Bonchev–Trinajstić information content (AvgIpc) is 2.88. The van der Waals surface area contributed by atoms with Gasteiger partial charge in [0, 0.05) is 6.54 Å². The fraction of sp³-hybridized carbons (Fsp3) is 1.00. The maximum absolute atomic E-state index is 14.2. The first-order chi connectivity index (χ1) is 5.69. The zero-order chi connectivity index (χ0) is 9.19. The highest BCUT2D eigenvalue weighted by molar-refractivity contribution is 4.99. The largest absolute Gasteiger partial charge is 0.328 e. The Bertz CT molecular complexity index is 141. The van der Waals surface area contributed by atoms with Crippen molar-refractivity contribution >= 4 is 0 Å². The third-order valence-electron chi connectivity index (χ3n) is 3.23. The Hall–Kier alpha value is -0.110. The molecule has 0 aromatic rings. The first-order valence-corrected chi connectivity index (χ1v) is 5.08. The average molecular weight is 173 g/mol. The van der Waals surface area contributed by atoms with E-state index >= 15 is 0 Å². The van der Waals surface area contributed by atoms with E-state index in [4.69, 9.17) is 5.73 Å². The Morgan fingerprint density at radius 1 is 1.42 bits per heavy atom. The fourth-order valence-corrected chi connectivity index (χ4v) is 2.20. The molecule has 0 spiro atoms. The smallest absolute Gasteiger partial charge is 0.128 e. The molecule has 12 heavy (non-hydrogen) atoms. The van der Waals surface area contributed by atoms with E-state index < -0.39 is 5.67 Å².